The maximum atomic E-state index is 2.35. The molecule has 0 spiro atoms. The second-order valence-corrected chi connectivity index (χ2v) is 15.0. The van der Waals surface area contributed by atoms with Crippen molar-refractivity contribution in [1.82, 2.24) is 0 Å². The van der Waals surface area contributed by atoms with Crippen LogP contribution in [0.2, 0.25) is 0 Å². The molecule has 0 N–H and O–H groups in total. The molecule has 7 aromatic rings. The Kier molecular flexibility index (Phi) is 11.0. The Bertz CT molecular complexity index is 2240. The molecule has 7 aromatic carbocycles. The average molecular weight is 704 g/mol. The Morgan fingerprint density at radius 1 is 0.389 bits per heavy atom. The molecule has 0 fully saturated rings. The summed E-state index contributed by atoms with van der Waals surface area (Å²) < 4.78 is 0. The fraction of sp³-hybridized carbons (Fsp3) is 0.208. The average Bonchev–Trinajstić information content (AvgIpc) is 3.23. The SMILES string of the molecule is CCC(C)c1ccc(N(c2ccc(C)cc2)c2ccc(-c3ccc(-c4ccc(C(CC)(CC)c5ccc(-c6ccc(C)cc6)cc5)cc4)cc3)cc2)cc1. The molecule has 1 nitrogen and oxygen atoms in total. The van der Waals surface area contributed by atoms with Crippen molar-refractivity contribution in [1.29, 1.82) is 0 Å². The number of aryl methyl sites for hydroxylation is 2. The van der Waals surface area contributed by atoms with Gasteiger partial charge in [0.2, 0.25) is 0 Å². The zero-order valence-electron chi connectivity index (χ0n) is 32.8. The third-order valence-electron chi connectivity index (χ3n) is 11.8. The van der Waals surface area contributed by atoms with Gasteiger partial charge < -0.3 is 4.90 Å². The first-order chi connectivity index (χ1) is 26.3. The van der Waals surface area contributed by atoms with Crippen LogP contribution in [0.4, 0.5) is 17.1 Å². The highest BCUT2D eigenvalue weighted by Gasteiger charge is 2.30. The third kappa shape index (κ3) is 7.55. The van der Waals surface area contributed by atoms with Crippen LogP contribution >= 0.6 is 0 Å². The van der Waals surface area contributed by atoms with Crippen molar-refractivity contribution in [3.05, 3.63) is 198 Å². The molecular formula is C53H53N. The molecule has 0 aliphatic heterocycles. The quantitative estimate of drug-likeness (QED) is 0.122. The molecule has 1 unspecified atom stereocenters. The molecule has 0 amide bonds. The summed E-state index contributed by atoms with van der Waals surface area (Å²) in [5, 5.41) is 0. The lowest BCUT2D eigenvalue weighted by Crippen LogP contribution is -2.26. The highest BCUT2D eigenvalue weighted by molar-refractivity contribution is 5.79. The number of nitrogens with zero attached hydrogens (tertiary/aromatic N) is 1. The summed E-state index contributed by atoms with van der Waals surface area (Å²) in [4.78, 5) is 2.35. The van der Waals surface area contributed by atoms with Gasteiger partial charge >= 0.3 is 0 Å². The molecule has 270 valence electrons. The number of hydrogen-bond acceptors (Lipinski definition) is 1. The molecule has 0 radical (unpaired) electrons. The zero-order chi connectivity index (χ0) is 37.7. The Hall–Kier alpha value is -5.66. The van der Waals surface area contributed by atoms with Gasteiger partial charge in [-0.15, -0.1) is 0 Å². The molecule has 1 heteroatoms. The molecule has 1 atom stereocenters. The minimum atomic E-state index is -0.0214. The molecule has 0 saturated carbocycles. The minimum absolute atomic E-state index is 0.0214. The summed E-state index contributed by atoms with van der Waals surface area (Å²) in [5.41, 5.74) is 17.6. The number of anilines is 3. The lowest BCUT2D eigenvalue weighted by molar-refractivity contribution is 0.478. The van der Waals surface area contributed by atoms with Crippen LogP contribution < -0.4 is 4.90 Å². The normalized spacial score (nSPS) is 12.0. The van der Waals surface area contributed by atoms with Gasteiger partial charge in [0.1, 0.15) is 0 Å². The van der Waals surface area contributed by atoms with Gasteiger partial charge in [0.25, 0.3) is 0 Å². The summed E-state index contributed by atoms with van der Waals surface area (Å²) in [6.45, 7) is 13.5. The monoisotopic (exact) mass is 703 g/mol. The van der Waals surface area contributed by atoms with Crippen LogP contribution in [-0.2, 0) is 5.41 Å². The summed E-state index contributed by atoms with van der Waals surface area (Å²) in [7, 11) is 0. The highest BCUT2D eigenvalue weighted by atomic mass is 15.1. The summed E-state index contributed by atoms with van der Waals surface area (Å²) in [5.74, 6) is 0.553. The van der Waals surface area contributed by atoms with Gasteiger partial charge in [-0.2, -0.15) is 0 Å². The van der Waals surface area contributed by atoms with Gasteiger partial charge in [-0.1, -0.05) is 172 Å². The molecule has 0 saturated heterocycles. The van der Waals surface area contributed by atoms with E-state index in [1.54, 1.807) is 0 Å². The second kappa shape index (κ2) is 16.1. The van der Waals surface area contributed by atoms with Crippen molar-refractivity contribution < 1.29 is 0 Å². The van der Waals surface area contributed by atoms with Crippen LogP contribution in [0.25, 0.3) is 33.4 Å². The first kappa shape index (κ1) is 36.7. The predicted molar refractivity (Wildman–Crippen MR) is 233 cm³/mol. The van der Waals surface area contributed by atoms with Crippen LogP contribution in [-0.4, -0.2) is 0 Å². The van der Waals surface area contributed by atoms with Gasteiger partial charge in [0, 0.05) is 22.5 Å². The number of hydrogen-bond donors (Lipinski definition) is 0. The minimum Gasteiger partial charge on any atom is -0.311 e. The Morgan fingerprint density at radius 2 is 0.667 bits per heavy atom. The molecule has 0 aromatic heterocycles. The maximum Gasteiger partial charge on any atom is 0.0462 e. The van der Waals surface area contributed by atoms with E-state index in [1.165, 1.54) is 66.9 Å². The maximum absolute atomic E-state index is 2.35. The largest absolute Gasteiger partial charge is 0.311 e. The summed E-state index contributed by atoms with van der Waals surface area (Å²) in [6.07, 6.45) is 3.24. The lowest BCUT2D eigenvalue weighted by atomic mass is 9.70. The number of benzene rings is 7. The molecule has 7 rings (SSSR count). The number of rotatable bonds is 12. The van der Waals surface area contributed by atoms with Gasteiger partial charge in [-0.25, -0.2) is 0 Å². The first-order valence-electron chi connectivity index (χ1n) is 19.8. The molecule has 0 bridgehead atoms. The Balaban J connectivity index is 1.10. The Labute approximate surface area is 324 Å². The fourth-order valence-corrected chi connectivity index (χ4v) is 7.93. The molecule has 0 heterocycles. The van der Waals surface area contributed by atoms with Gasteiger partial charge in [0.05, 0.1) is 0 Å². The van der Waals surface area contributed by atoms with E-state index in [4.69, 9.17) is 0 Å². The lowest BCUT2D eigenvalue weighted by Gasteiger charge is -2.33. The molecule has 0 aliphatic rings. The zero-order valence-corrected chi connectivity index (χ0v) is 32.8. The predicted octanol–water partition coefficient (Wildman–Crippen LogP) is 15.4. The van der Waals surface area contributed by atoms with Crippen molar-refractivity contribution in [3.8, 4) is 33.4 Å². The van der Waals surface area contributed by atoms with E-state index < -0.39 is 0 Å². The van der Waals surface area contributed by atoms with Crippen LogP contribution in [0, 0.1) is 13.8 Å². The topological polar surface area (TPSA) is 3.24 Å². The third-order valence-corrected chi connectivity index (χ3v) is 11.8. The van der Waals surface area contributed by atoms with E-state index in [0.29, 0.717) is 5.92 Å². The van der Waals surface area contributed by atoms with E-state index >= 15 is 0 Å². The van der Waals surface area contributed by atoms with E-state index in [0.717, 1.165) is 30.6 Å². The first-order valence-corrected chi connectivity index (χ1v) is 19.8. The smallest absolute Gasteiger partial charge is 0.0462 e. The van der Waals surface area contributed by atoms with Crippen LogP contribution in [0.3, 0.4) is 0 Å². The summed E-state index contributed by atoms with van der Waals surface area (Å²) in [6, 6.07) is 63.2. The molecule has 0 aliphatic carbocycles. The van der Waals surface area contributed by atoms with E-state index in [2.05, 4.69) is 216 Å². The molecule has 54 heavy (non-hydrogen) atoms. The van der Waals surface area contributed by atoms with Crippen LogP contribution in [0.15, 0.2) is 170 Å². The van der Waals surface area contributed by atoms with Gasteiger partial charge in [0.15, 0.2) is 0 Å². The summed E-state index contributed by atoms with van der Waals surface area (Å²) >= 11 is 0. The molecular weight excluding hydrogens is 651 g/mol. The van der Waals surface area contributed by atoms with E-state index in [1.807, 2.05) is 0 Å². The highest BCUT2D eigenvalue weighted by Crippen LogP contribution is 2.41. The van der Waals surface area contributed by atoms with E-state index in [9.17, 15) is 0 Å². The van der Waals surface area contributed by atoms with Gasteiger partial charge in [-0.3, -0.25) is 0 Å². The standard InChI is InChI=1S/C53H53N/c1-7-40(6)41-24-34-51(35-25-41)54(50-32-12-39(5)13-33-50)52-36-26-47(27-37-52)44-18-16-43(17-19-44)46-22-30-49(31-23-46)53(8-2,9-3)48-28-20-45(21-29-48)42-14-10-38(4)11-15-42/h10-37,40H,7-9H2,1-6H3. The van der Waals surface area contributed by atoms with E-state index in [-0.39, 0.29) is 5.41 Å². The Morgan fingerprint density at radius 3 is 1.02 bits per heavy atom. The van der Waals surface area contributed by atoms with Crippen molar-refractivity contribution in [2.75, 3.05) is 4.90 Å². The van der Waals surface area contributed by atoms with Crippen LogP contribution in [0.5, 0.6) is 0 Å². The fourth-order valence-electron chi connectivity index (χ4n) is 7.93. The second-order valence-electron chi connectivity index (χ2n) is 15.0. The van der Waals surface area contributed by atoms with Crippen LogP contribution in [0.1, 0.15) is 80.7 Å². The van der Waals surface area contributed by atoms with Gasteiger partial charge in [-0.05, 0) is 125 Å². The van der Waals surface area contributed by atoms with Crippen molar-refractivity contribution in [3.63, 3.8) is 0 Å². The van der Waals surface area contributed by atoms with Crippen molar-refractivity contribution in [2.45, 2.75) is 72.1 Å². The van der Waals surface area contributed by atoms with Crippen molar-refractivity contribution in [2.24, 2.45) is 0 Å². The van der Waals surface area contributed by atoms with Crippen molar-refractivity contribution >= 4 is 17.1 Å².